The number of aromatic nitrogens is 1. The summed E-state index contributed by atoms with van der Waals surface area (Å²) in [5.74, 6) is -2.73. The summed E-state index contributed by atoms with van der Waals surface area (Å²) in [6, 6.07) is 5.27. The van der Waals surface area contributed by atoms with Crippen molar-refractivity contribution < 1.29 is 28.7 Å². The summed E-state index contributed by atoms with van der Waals surface area (Å²) in [5, 5.41) is 0. The minimum absolute atomic E-state index is 0.00870. The molecular formula is C20H24N2O6. The van der Waals surface area contributed by atoms with E-state index in [1.54, 1.807) is 41.9 Å². The zero-order valence-corrected chi connectivity index (χ0v) is 16.0. The number of amides is 1. The molecule has 0 aliphatic heterocycles. The van der Waals surface area contributed by atoms with E-state index in [9.17, 15) is 19.2 Å². The standard InChI is InChI=1S/C20H24N2O6/c1-3-16(23)13(7-9-28-12-17(24)27-2)10-14-11-22-8-5-4-6-15(22)18(14)19(25)20(21)26/h4-6,8,11,13H,3,7,9-10,12H2,1-2H3,(H2,21,26). The first-order chi connectivity index (χ1) is 13.4. The van der Waals surface area contributed by atoms with Crippen molar-refractivity contribution in [2.75, 3.05) is 20.3 Å². The quantitative estimate of drug-likeness (QED) is 0.269. The highest BCUT2D eigenvalue weighted by Gasteiger charge is 2.26. The molecular weight excluding hydrogens is 364 g/mol. The molecule has 150 valence electrons. The van der Waals surface area contributed by atoms with Gasteiger partial charge in [0.05, 0.1) is 18.2 Å². The molecule has 28 heavy (non-hydrogen) atoms. The number of hydrogen-bond acceptors (Lipinski definition) is 6. The number of methoxy groups -OCH3 is 1. The molecule has 2 N–H and O–H groups in total. The highest BCUT2D eigenvalue weighted by molar-refractivity contribution is 6.44. The van der Waals surface area contributed by atoms with Crippen molar-refractivity contribution in [3.05, 3.63) is 41.7 Å². The molecule has 0 bridgehead atoms. The Hall–Kier alpha value is -3.00. The second-order valence-corrected chi connectivity index (χ2v) is 6.35. The summed E-state index contributed by atoms with van der Waals surface area (Å²) < 4.78 is 11.5. The lowest BCUT2D eigenvalue weighted by molar-refractivity contribution is -0.146. The molecule has 0 spiro atoms. The Morgan fingerprint density at radius 3 is 2.61 bits per heavy atom. The van der Waals surface area contributed by atoms with E-state index in [-0.39, 0.29) is 31.0 Å². The number of esters is 1. The van der Waals surface area contributed by atoms with Crippen LogP contribution in [0, 0.1) is 5.92 Å². The fourth-order valence-corrected chi connectivity index (χ4v) is 3.09. The molecule has 1 amide bonds. The Kier molecular flexibility index (Phi) is 7.45. The number of pyridine rings is 1. The van der Waals surface area contributed by atoms with Gasteiger partial charge in [0.15, 0.2) is 0 Å². The number of rotatable bonds is 11. The van der Waals surface area contributed by atoms with Gasteiger partial charge >= 0.3 is 5.97 Å². The third kappa shape index (κ3) is 5.04. The number of carbonyl (C=O) groups excluding carboxylic acids is 4. The molecule has 1 unspecified atom stereocenters. The second kappa shape index (κ2) is 9.80. The van der Waals surface area contributed by atoms with Crippen molar-refractivity contribution >= 4 is 29.0 Å². The van der Waals surface area contributed by atoms with Crippen molar-refractivity contribution in [1.29, 1.82) is 0 Å². The summed E-state index contributed by atoms with van der Waals surface area (Å²) in [7, 11) is 1.27. The third-order valence-electron chi connectivity index (χ3n) is 4.54. The van der Waals surface area contributed by atoms with Crippen LogP contribution < -0.4 is 5.73 Å². The number of hydrogen-bond donors (Lipinski definition) is 1. The number of ether oxygens (including phenoxy) is 2. The van der Waals surface area contributed by atoms with Crippen molar-refractivity contribution in [3.63, 3.8) is 0 Å². The number of fused-ring (bicyclic) bond motifs is 1. The number of carbonyl (C=O) groups is 4. The number of nitrogens with zero attached hydrogens (tertiary/aromatic N) is 1. The van der Waals surface area contributed by atoms with Gasteiger partial charge in [-0.3, -0.25) is 14.4 Å². The van der Waals surface area contributed by atoms with Crippen molar-refractivity contribution in [1.82, 2.24) is 4.40 Å². The van der Waals surface area contributed by atoms with Crippen LogP contribution in [0.5, 0.6) is 0 Å². The van der Waals surface area contributed by atoms with Gasteiger partial charge in [-0.05, 0) is 30.5 Å². The van der Waals surface area contributed by atoms with Crippen LogP contribution in [0.2, 0.25) is 0 Å². The maximum Gasteiger partial charge on any atom is 0.331 e. The summed E-state index contributed by atoms with van der Waals surface area (Å²) in [4.78, 5) is 47.4. The molecule has 0 fully saturated rings. The van der Waals surface area contributed by atoms with Gasteiger partial charge in [-0.25, -0.2) is 4.79 Å². The minimum atomic E-state index is -1.04. The Morgan fingerprint density at radius 1 is 1.21 bits per heavy atom. The molecule has 0 saturated heterocycles. The molecule has 0 aliphatic rings. The van der Waals surface area contributed by atoms with Crippen molar-refractivity contribution in [3.8, 4) is 0 Å². The van der Waals surface area contributed by atoms with E-state index in [1.807, 2.05) is 0 Å². The van der Waals surface area contributed by atoms with Crippen LogP contribution in [0.1, 0.15) is 35.7 Å². The smallest absolute Gasteiger partial charge is 0.331 e. The van der Waals surface area contributed by atoms with Gasteiger partial charge in [0.1, 0.15) is 12.4 Å². The first-order valence-corrected chi connectivity index (χ1v) is 8.99. The molecule has 2 aromatic heterocycles. The van der Waals surface area contributed by atoms with Gasteiger partial charge in [-0.1, -0.05) is 13.0 Å². The third-order valence-corrected chi connectivity index (χ3v) is 4.54. The zero-order chi connectivity index (χ0) is 20.7. The van der Waals surface area contributed by atoms with Crippen LogP contribution >= 0.6 is 0 Å². The second-order valence-electron chi connectivity index (χ2n) is 6.35. The molecule has 2 aromatic rings. The van der Waals surface area contributed by atoms with E-state index in [2.05, 4.69) is 4.74 Å². The fourth-order valence-electron chi connectivity index (χ4n) is 3.09. The number of nitrogens with two attached hydrogens (primary N) is 1. The highest BCUT2D eigenvalue weighted by Crippen LogP contribution is 2.24. The molecule has 0 aliphatic carbocycles. The monoisotopic (exact) mass is 388 g/mol. The highest BCUT2D eigenvalue weighted by atomic mass is 16.6. The first-order valence-electron chi connectivity index (χ1n) is 8.99. The molecule has 2 heterocycles. The summed E-state index contributed by atoms with van der Waals surface area (Å²) in [6.07, 6.45) is 4.46. The van der Waals surface area contributed by atoms with Crippen LogP contribution in [-0.2, 0) is 30.3 Å². The van der Waals surface area contributed by atoms with Gasteiger partial charge < -0.3 is 19.6 Å². The topological polar surface area (TPSA) is 117 Å². The van der Waals surface area contributed by atoms with E-state index < -0.39 is 23.6 Å². The van der Waals surface area contributed by atoms with Gasteiger partial charge in [0.2, 0.25) is 0 Å². The predicted molar refractivity (Wildman–Crippen MR) is 101 cm³/mol. The molecule has 8 nitrogen and oxygen atoms in total. The molecule has 8 heteroatoms. The Balaban J connectivity index is 2.25. The average molecular weight is 388 g/mol. The predicted octanol–water partition coefficient (Wildman–Crippen LogP) is 1.32. The Bertz CT molecular complexity index is 886. The van der Waals surface area contributed by atoms with Crippen LogP contribution in [0.25, 0.3) is 5.52 Å². The molecule has 0 saturated carbocycles. The Labute approximate surface area is 162 Å². The number of primary amides is 1. The van der Waals surface area contributed by atoms with Crippen LogP contribution in [0.3, 0.4) is 0 Å². The van der Waals surface area contributed by atoms with Gasteiger partial charge in [-0.15, -0.1) is 0 Å². The van der Waals surface area contributed by atoms with E-state index in [1.165, 1.54) is 7.11 Å². The average Bonchev–Trinajstić information content (AvgIpc) is 3.06. The summed E-state index contributed by atoms with van der Waals surface area (Å²) in [5.41, 5.74) is 6.57. The van der Waals surface area contributed by atoms with E-state index in [0.717, 1.165) is 0 Å². The SMILES string of the molecule is CCC(=O)C(CCOCC(=O)OC)Cc1cn2ccccc2c1C(=O)C(N)=O. The molecule has 0 aromatic carbocycles. The first kappa shape index (κ1) is 21.3. The lowest BCUT2D eigenvalue weighted by Crippen LogP contribution is -2.25. The van der Waals surface area contributed by atoms with Gasteiger partial charge in [0.25, 0.3) is 11.7 Å². The summed E-state index contributed by atoms with van der Waals surface area (Å²) in [6.45, 7) is 1.76. The van der Waals surface area contributed by atoms with Crippen LogP contribution in [0.15, 0.2) is 30.6 Å². The molecule has 0 radical (unpaired) electrons. The molecule has 1 atom stereocenters. The van der Waals surface area contributed by atoms with Gasteiger partial charge in [-0.2, -0.15) is 0 Å². The minimum Gasteiger partial charge on any atom is -0.467 e. The maximum absolute atomic E-state index is 12.4. The Morgan fingerprint density at radius 2 is 1.96 bits per heavy atom. The maximum atomic E-state index is 12.4. The van der Waals surface area contributed by atoms with E-state index in [0.29, 0.717) is 23.9 Å². The van der Waals surface area contributed by atoms with Crippen LogP contribution in [-0.4, -0.2) is 48.2 Å². The molecule has 2 rings (SSSR count). The normalized spacial score (nSPS) is 11.9. The fraction of sp³-hybridized carbons (Fsp3) is 0.400. The lowest BCUT2D eigenvalue weighted by atomic mass is 9.90. The van der Waals surface area contributed by atoms with E-state index in [4.69, 9.17) is 10.5 Å². The van der Waals surface area contributed by atoms with Gasteiger partial charge in [0, 0.05) is 31.3 Å². The van der Waals surface area contributed by atoms with Crippen molar-refractivity contribution in [2.45, 2.75) is 26.2 Å². The summed E-state index contributed by atoms with van der Waals surface area (Å²) >= 11 is 0. The van der Waals surface area contributed by atoms with Crippen molar-refractivity contribution in [2.24, 2.45) is 11.7 Å². The lowest BCUT2D eigenvalue weighted by Gasteiger charge is -2.15. The van der Waals surface area contributed by atoms with E-state index >= 15 is 0 Å². The van der Waals surface area contributed by atoms with Crippen LogP contribution in [0.4, 0.5) is 0 Å². The largest absolute Gasteiger partial charge is 0.467 e. The number of Topliss-reactive ketones (excluding diaryl/α,β-unsaturated/α-hetero) is 2. The zero-order valence-electron chi connectivity index (χ0n) is 16.0. The number of ketones is 2.